The number of aliphatic imine (C=N–C) groups is 1. The molecule has 5 N–H and O–H groups in total. The molecular weight excluding hydrogens is 403 g/mol. The molecule has 0 aliphatic heterocycles. The number of ether oxygens (including phenoxy) is 1. The van der Waals surface area contributed by atoms with Crippen LogP contribution in [-0.4, -0.2) is 37.0 Å². The zero-order valence-corrected chi connectivity index (χ0v) is 21.5. The Labute approximate surface area is 206 Å². The molecule has 9 heteroatoms. The summed E-state index contributed by atoms with van der Waals surface area (Å²) in [6.07, 6.45) is 12.3. The van der Waals surface area contributed by atoms with Crippen molar-refractivity contribution in [1.29, 1.82) is 0 Å². The SMILES string of the molecule is CCCCCCCCCCCC(=O)N[C@@H](CCCN=C(N)N)C(=O)OCC.Cl.[H-].[Na+]. The van der Waals surface area contributed by atoms with Gasteiger partial charge in [-0.1, -0.05) is 58.3 Å². The van der Waals surface area contributed by atoms with E-state index in [0.717, 1.165) is 12.8 Å². The van der Waals surface area contributed by atoms with Gasteiger partial charge in [0.25, 0.3) is 0 Å². The molecule has 0 unspecified atom stereocenters. The van der Waals surface area contributed by atoms with Crippen molar-refractivity contribution in [2.24, 2.45) is 16.5 Å². The van der Waals surface area contributed by atoms with Crippen molar-refractivity contribution in [3.05, 3.63) is 0 Å². The number of halogens is 1. The summed E-state index contributed by atoms with van der Waals surface area (Å²) in [4.78, 5) is 28.0. The molecule has 0 saturated heterocycles. The van der Waals surface area contributed by atoms with Gasteiger partial charge in [-0.3, -0.25) is 9.79 Å². The Kier molecular flexibility index (Phi) is 27.2. The van der Waals surface area contributed by atoms with Crippen molar-refractivity contribution in [1.82, 2.24) is 5.32 Å². The Morgan fingerprint density at radius 2 is 1.52 bits per heavy atom. The molecule has 29 heavy (non-hydrogen) atoms. The fraction of sp³-hybridized carbons (Fsp3) is 0.850. The molecule has 0 rings (SSSR count). The number of nitrogens with two attached hydrogens (primary N) is 2. The molecule has 0 aromatic rings. The molecule has 0 aliphatic rings. The molecule has 0 aromatic carbocycles. The van der Waals surface area contributed by atoms with E-state index in [0.29, 0.717) is 25.8 Å². The van der Waals surface area contributed by atoms with Gasteiger partial charge in [-0.15, -0.1) is 12.4 Å². The Balaban J connectivity index is -0.00000113. The molecule has 0 bridgehead atoms. The first kappa shape index (κ1) is 33.1. The molecule has 0 spiro atoms. The smallest absolute Gasteiger partial charge is 1.00 e. The van der Waals surface area contributed by atoms with E-state index in [1.54, 1.807) is 6.92 Å². The molecule has 1 atom stereocenters. The molecule has 0 heterocycles. The van der Waals surface area contributed by atoms with E-state index in [2.05, 4.69) is 17.2 Å². The number of guanidine groups is 1. The van der Waals surface area contributed by atoms with E-state index < -0.39 is 12.0 Å². The van der Waals surface area contributed by atoms with Crippen LogP contribution in [0.15, 0.2) is 4.99 Å². The van der Waals surface area contributed by atoms with E-state index in [-0.39, 0.29) is 61.9 Å². The maximum Gasteiger partial charge on any atom is 1.00 e. The van der Waals surface area contributed by atoms with Crippen LogP contribution in [0.3, 0.4) is 0 Å². The van der Waals surface area contributed by atoms with E-state index in [1.807, 2.05) is 0 Å². The number of carbonyl (C=O) groups is 2. The van der Waals surface area contributed by atoms with Crippen molar-refractivity contribution in [2.45, 2.75) is 96.9 Å². The number of unbranched alkanes of at least 4 members (excludes halogenated alkanes) is 8. The fourth-order valence-electron chi connectivity index (χ4n) is 2.86. The number of rotatable bonds is 17. The molecule has 0 radical (unpaired) electrons. The normalized spacial score (nSPS) is 10.8. The first-order valence-corrected chi connectivity index (χ1v) is 10.5. The zero-order valence-electron chi connectivity index (χ0n) is 19.7. The van der Waals surface area contributed by atoms with Gasteiger partial charge in [-0.2, -0.15) is 0 Å². The van der Waals surface area contributed by atoms with Gasteiger partial charge < -0.3 is 22.9 Å². The van der Waals surface area contributed by atoms with Crippen LogP contribution in [0.25, 0.3) is 0 Å². The maximum atomic E-state index is 12.1. The summed E-state index contributed by atoms with van der Waals surface area (Å²) in [6, 6.07) is -0.634. The summed E-state index contributed by atoms with van der Waals surface area (Å²) in [5, 5.41) is 2.79. The molecule has 0 fully saturated rings. The first-order chi connectivity index (χ1) is 13.0. The monoisotopic (exact) mass is 444 g/mol. The van der Waals surface area contributed by atoms with E-state index in [9.17, 15) is 9.59 Å². The topological polar surface area (TPSA) is 120 Å². The van der Waals surface area contributed by atoms with Crippen LogP contribution >= 0.6 is 12.4 Å². The predicted octanol–water partition coefficient (Wildman–Crippen LogP) is 0.547. The summed E-state index contributed by atoms with van der Waals surface area (Å²) >= 11 is 0. The molecule has 0 aromatic heterocycles. The van der Waals surface area contributed by atoms with Crippen molar-refractivity contribution in [3.63, 3.8) is 0 Å². The minimum atomic E-state index is -0.634. The van der Waals surface area contributed by atoms with Crippen LogP contribution < -0.4 is 46.3 Å². The van der Waals surface area contributed by atoms with Gasteiger partial charge in [0.2, 0.25) is 5.91 Å². The minimum Gasteiger partial charge on any atom is -1.00 e. The van der Waals surface area contributed by atoms with Crippen molar-refractivity contribution in [3.8, 4) is 0 Å². The molecule has 0 saturated carbocycles. The summed E-state index contributed by atoms with van der Waals surface area (Å²) in [5.41, 5.74) is 10.6. The second-order valence-corrected chi connectivity index (χ2v) is 6.90. The van der Waals surface area contributed by atoms with Crippen LogP contribution in [0.4, 0.5) is 0 Å². The van der Waals surface area contributed by atoms with Gasteiger partial charge in [0.05, 0.1) is 6.61 Å². The summed E-state index contributed by atoms with van der Waals surface area (Å²) < 4.78 is 5.04. The first-order valence-electron chi connectivity index (χ1n) is 10.5. The van der Waals surface area contributed by atoms with Crippen molar-refractivity contribution < 1.29 is 45.3 Å². The number of carbonyl (C=O) groups excluding carboxylic acids is 2. The average molecular weight is 445 g/mol. The van der Waals surface area contributed by atoms with E-state index in [4.69, 9.17) is 16.2 Å². The predicted molar refractivity (Wildman–Crippen MR) is 119 cm³/mol. The number of hydrogen-bond donors (Lipinski definition) is 3. The van der Waals surface area contributed by atoms with Crippen LogP contribution in [0.1, 0.15) is 92.3 Å². The second-order valence-electron chi connectivity index (χ2n) is 6.90. The second kappa shape index (κ2) is 23.8. The third kappa shape index (κ3) is 22.0. The Morgan fingerprint density at radius 1 is 0.966 bits per heavy atom. The van der Waals surface area contributed by atoms with E-state index in [1.165, 1.54) is 44.9 Å². The Morgan fingerprint density at radius 3 is 2.03 bits per heavy atom. The third-order valence-electron chi connectivity index (χ3n) is 4.36. The molecule has 0 aliphatic carbocycles. The molecule has 1 amide bonds. The zero-order chi connectivity index (χ0) is 20.3. The van der Waals surface area contributed by atoms with Gasteiger partial charge in [-0.25, -0.2) is 4.79 Å². The number of nitrogens with one attached hydrogen (secondary N) is 1. The van der Waals surface area contributed by atoms with Crippen LogP contribution in [0.5, 0.6) is 0 Å². The van der Waals surface area contributed by atoms with Crippen LogP contribution in [-0.2, 0) is 14.3 Å². The molecule has 7 nitrogen and oxygen atoms in total. The van der Waals surface area contributed by atoms with Gasteiger partial charge in [0, 0.05) is 13.0 Å². The van der Waals surface area contributed by atoms with Crippen LogP contribution in [0.2, 0.25) is 0 Å². The number of hydrogen-bond acceptors (Lipinski definition) is 4. The third-order valence-corrected chi connectivity index (χ3v) is 4.36. The average Bonchev–Trinajstić information content (AvgIpc) is 2.62. The standard InChI is InChI=1S/C20H40N4O3.ClH.Na.H/c1-3-5-6-7-8-9-10-11-12-15-18(25)24-17(19(26)27-4-2)14-13-16-23-20(21)22;;;/h17H,3-16H2,1-2H3,(H,24,25)(H4,21,22,23);1H;;/q;;+1;-1/t17-;;;/m0.../s1. The minimum absolute atomic E-state index is 0. The number of nitrogens with zero attached hydrogens (tertiary/aromatic N) is 1. The number of esters is 1. The maximum absolute atomic E-state index is 12.1. The van der Waals surface area contributed by atoms with Crippen molar-refractivity contribution >= 4 is 30.2 Å². The van der Waals surface area contributed by atoms with Crippen LogP contribution in [0, 0.1) is 0 Å². The molecule has 168 valence electrons. The van der Waals surface area contributed by atoms with Gasteiger partial charge >= 0.3 is 35.5 Å². The quantitative estimate of drug-likeness (QED) is 0.0994. The van der Waals surface area contributed by atoms with Gasteiger partial charge in [-0.05, 0) is 26.2 Å². The summed E-state index contributed by atoms with van der Waals surface area (Å²) in [7, 11) is 0. The van der Waals surface area contributed by atoms with E-state index >= 15 is 0 Å². The summed E-state index contributed by atoms with van der Waals surface area (Å²) in [6.45, 7) is 4.68. The van der Waals surface area contributed by atoms with Gasteiger partial charge in [0.1, 0.15) is 6.04 Å². The fourth-order valence-corrected chi connectivity index (χ4v) is 2.86. The van der Waals surface area contributed by atoms with Gasteiger partial charge in [0.15, 0.2) is 5.96 Å². The largest absolute Gasteiger partial charge is 1.00 e. The Bertz CT molecular complexity index is 442. The molecular formula is C20H42ClN4NaO3. The Hall–Kier alpha value is -0.500. The number of amides is 1. The summed E-state index contributed by atoms with van der Waals surface area (Å²) in [5.74, 6) is -0.474. The van der Waals surface area contributed by atoms with Crippen molar-refractivity contribution in [2.75, 3.05) is 13.2 Å².